The van der Waals surface area contributed by atoms with Gasteiger partial charge in [0.15, 0.2) is 0 Å². The molecular formula is C31H58BrNO. The van der Waals surface area contributed by atoms with Crippen molar-refractivity contribution >= 4 is 0 Å². The highest BCUT2D eigenvalue weighted by atomic mass is 79.9. The van der Waals surface area contributed by atoms with E-state index in [2.05, 4.69) is 44.3 Å². The average molecular weight is 541 g/mol. The predicted octanol–water partition coefficient (Wildman–Crippen LogP) is 6.06. The first-order valence-corrected chi connectivity index (χ1v) is 14.7. The van der Waals surface area contributed by atoms with Gasteiger partial charge in [-0.3, -0.25) is 0 Å². The number of aliphatic hydroxyl groups is 1. The number of quaternary nitrogens is 1. The topological polar surface area (TPSA) is 20.2 Å². The summed E-state index contributed by atoms with van der Waals surface area (Å²) in [5.41, 5.74) is 1.38. The van der Waals surface area contributed by atoms with Crippen LogP contribution in [-0.2, 0) is 6.54 Å². The molecule has 0 radical (unpaired) electrons. The number of nitrogens with zero attached hydrogens (tertiary/aromatic N) is 1. The van der Waals surface area contributed by atoms with Crippen molar-refractivity contribution in [1.82, 2.24) is 0 Å². The fourth-order valence-electron chi connectivity index (χ4n) is 5.11. The Bertz CT molecular complexity index is 523. The third-order valence-corrected chi connectivity index (χ3v) is 7.35. The lowest BCUT2D eigenvalue weighted by molar-refractivity contribution is -0.923. The van der Waals surface area contributed by atoms with Crippen LogP contribution >= 0.6 is 0 Å². The van der Waals surface area contributed by atoms with Crippen LogP contribution in [0.25, 0.3) is 0 Å². The largest absolute Gasteiger partial charge is 1.00 e. The molecular weight excluding hydrogens is 482 g/mol. The van der Waals surface area contributed by atoms with Crippen molar-refractivity contribution in [3.05, 3.63) is 35.9 Å². The van der Waals surface area contributed by atoms with E-state index in [9.17, 15) is 5.11 Å². The first kappa shape index (κ1) is 33.6. The SMILES string of the molecule is CCCCCCCCCCCCCCCCCCCCC[N+](C)(CCO)Cc1ccccc1.[Br-]. The van der Waals surface area contributed by atoms with Crippen molar-refractivity contribution in [3.8, 4) is 0 Å². The van der Waals surface area contributed by atoms with Gasteiger partial charge >= 0.3 is 0 Å². The molecule has 0 aliphatic rings. The summed E-state index contributed by atoms with van der Waals surface area (Å²) < 4.78 is 0.958. The molecule has 1 N–H and O–H groups in total. The van der Waals surface area contributed by atoms with Crippen LogP contribution in [0.2, 0.25) is 0 Å². The second kappa shape index (κ2) is 24.3. The Hall–Kier alpha value is -0.380. The zero-order valence-electron chi connectivity index (χ0n) is 22.9. The Balaban J connectivity index is 0.0000109. The second-order valence-corrected chi connectivity index (χ2v) is 10.8. The summed E-state index contributed by atoms with van der Waals surface area (Å²) in [5, 5.41) is 9.52. The number of benzene rings is 1. The molecule has 0 fully saturated rings. The lowest BCUT2D eigenvalue weighted by atomic mass is 10.0. The molecule has 34 heavy (non-hydrogen) atoms. The Kier molecular flexibility index (Phi) is 24.0. The maximum absolute atomic E-state index is 9.52. The number of aliphatic hydroxyl groups excluding tert-OH is 1. The molecule has 1 aromatic rings. The smallest absolute Gasteiger partial charge is 0.104 e. The minimum absolute atomic E-state index is 0. The van der Waals surface area contributed by atoms with Gasteiger partial charge in [0.05, 0.1) is 20.2 Å². The molecule has 2 nitrogen and oxygen atoms in total. The third-order valence-electron chi connectivity index (χ3n) is 7.35. The molecule has 1 atom stereocenters. The molecule has 0 saturated carbocycles. The van der Waals surface area contributed by atoms with E-state index in [0.29, 0.717) is 0 Å². The van der Waals surface area contributed by atoms with Crippen molar-refractivity contribution in [1.29, 1.82) is 0 Å². The number of halogens is 1. The van der Waals surface area contributed by atoms with Crippen molar-refractivity contribution in [3.63, 3.8) is 0 Å². The lowest BCUT2D eigenvalue weighted by Crippen LogP contribution is -3.00. The summed E-state index contributed by atoms with van der Waals surface area (Å²) in [6.45, 7) is 5.64. The minimum Gasteiger partial charge on any atom is -1.00 e. The molecule has 0 bridgehead atoms. The number of hydrogen-bond donors (Lipinski definition) is 1. The van der Waals surface area contributed by atoms with Crippen LogP contribution in [-0.4, -0.2) is 36.3 Å². The highest BCUT2D eigenvalue weighted by Crippen LogP contribution is 2.17. The van der Waals surface area contributed by atoms with Gasteiger partial charge in [0, 0.05) is 5.56 Å². The van der Waals surface area contributed by atoms with Crippen LogP contribution in [0.3, 0.4) is 0 Å². The number of hydrogen-bond acceptors (Lipinski definition) is 1. The van der Waals surface area contributed by atoms with Crippen molar-refractivity contribution in [2.75, 3.05) is 26.7 Å². The fourth-order valence-corrected chi connectivity index (χ4v) is 5.11. The standard InChI is InChI=1S/C31H58NO.BrH/c1-3-4-5-6-7-8-9-10-11-12-13-14-15-16-17-18-19-20-24-27-32(2,28-29-33)30-31-25-22-21-23-26-31;/h21-23,25-26,33H,3-20,24,27-30H2,1-2H3;1H/q+1;/p-1. The van der Waals surface area contributed by atoms with E-state index < -0.39 is 0 Å². The molecule has 1 rings (SSSR count). The molecule has 0 aromatic heterocycles. The minimum atomic E-state index is 0. The first-order chi connectivity index (χ1) is 16.2. The summed E-state index contributed by atoms with van der Waals surface area (Å²) in [7, 11) is 2.30. The summed E-state index contributed by atoms with van der Waals surface area (Å²) in [6, 6.07) is 10.7. The van der Waals surface area contributed by atoms with Crippen LogP contribution in [0, 0.1) is 0 Å². The molecule has 1 unspecified atom stereocenters. The zero-order valence-corrected chi connectivity index (χ0v) is 24.5. The van der Waals surface area contributed by atoms with E-state index in [0.717, 1.165) is 17.6 Å². The van der Waals surface area contributed by atoms with Crippen molar-refractivity contribution in [2.45, 2.75) is 135 Å². The Morgan fingerprint density at radius 3 is 1.32 bits per heavy atom. The third kappa shape index (κ3) is 19.9. The van der Waals surface area contributed by atoms with Crippen LogP contribution in [0.4, 0.5) is 0 Å². The van der Waals surface area contributed by atoms with Crippen LogP contribution in [0.15, 0.2) is 30.3 Å². The monoisotopic (exact) mass is 539 g/mol. The zero-order chi connectivity index (χ0) is 23.9. The highest BCUT2D eigenvalue weighted by molar-refractivity contribution is 5.13. The molecule has 0 aliphatic carbocycles. The molecule has 0 aliphatic heterocycles. The van der Waals surface area contributed by atoms with Crippen LogP contribution < -0.4 is 17.0 Å². The van der Waals surface area contributed by atoms with E-state index in [4.69, 9.17) is 0 Å². The number of unbranched alkanes of at least 4 members (excludes halogenated alkanes) is 18. The Morgan fingerprint density at radius 2 is 0.941 bits per heavy atom. The normalized spacial score (nSPS) is 12.9. The molecule has 0 spiro atoms. The van der Waals surface area contributed by atoms with E-state index in [1.54, 1.807) is 0 Å². The lowest BCUT2D eigenvalue weighted by Gasteiger charge is -2.34. The van der Waals surface area contributed by atoms with Gasteiger partial charge in [-0.1, -0.05) is 146 Å². The maximum Gasteiger partial charge on any atom is 0.104 e. The predicted molar refractivity (Wildman–Crippen MR) is 147 cm³/mol. The molecule has 0 amide bonds. The maximum atomic E-state index is 9.52. The summed E-state index contributed by atoms with van der Waals surface area (Å²) >= 11 is 0. The van der Waals surface area contributed by atoms with Crippen LogP contribution in [0.5, 0.6) is 0 Å². The van der Waals surface area contributed by atoms with Gasteiger partial charge < -0.3 is 26.6 Å². The molecule has 0 heterocycles. The van der Waals surface area contributed by atoms with E-state index in [1.165, 1.54) is 134 Å². The number of likely N-dealkylation sites (N-methyl/N-ethyl adjacent to an activating group) is 1. The Morgan fingerprint density at radius 1 is 0.559 bits per heavy atom. The van der Waals surface area contributed by atoms with Gasteiger partial charge in [0.25, 0.3) is 0 Å². The van der Waals surface area contributed by atoms with E-state index in [1.807, 2.05) is 0 Å². The highest BCUT2D eigenvalue weighted by Gasteiger charge is 2.20. The first-order valence-electron chi connectivity index (χ1n) is 14.7. The fraction of sp³-hybridized carbons (Fsp3) is 0.806. The van der Waals surface area contributed by atoms with Gasteiger partial charge in [0.1, 0.15) is 13.1 Å². The van der Waals surface area contributed by atoms with Crippen molar-refractivity contribution in [2.24, 2.45) is 0 Å². The molecule has 200 valence electrons. The summed E-state index contributed by atoms with van der Waals surface area (Å²) in [6.07, 6.45) is 27.1. The quantitative estimate of drug-likeness (QED) is 0.125. The average Bonchev–Trinajstić information content (AvgIpc) is 2.81. The molecule has 0 saturated heterocycles. The van der Waals surface area contributed by atoms with Gasteiger partial charge in [0.2, 0.25) is 0 Å². The second-order valence-electron chi connectivity index (χ2n) is 10.8. The molecule has 3 heteroatoms. The van der Waals surface area contributed by atoms with Gasteiger partial charge in [-0.2, -0.15) is 0 Å². The summed E-state index contributed by atoms with van der Waals surface area (Å²) in [4.78, 5) is 0. The summed E-state index contributed by atoms with van der Waals surface area (Å²) in [5.74, 6) is 0. The van der Waals surface area contributed by atoms with Crippen molar-refractivity contribution < 1.29 is 26.6 Å². The van der Waals surface area contributed by atoms with Crippen LogP contribution in [0.1, 0.15) is 134 Å². The van der Waals surface area contributed by atoms with E-state index in [-0.39, 0.29) is 23.6 Å². The Labute approximate surface area is 224 Å². The van der Waals surface area contributed by atoms with Gasteiger partial charge in [-0.15, -0.1) is 0 Å². The van der Waals surface area contributed by atoms with Gasteiger partial charge in [-0.05, 0) is 12.8 Å². The van der Waals surface area contributed by atoms with E-state index >= 15 is 0 Å². The number of rotatable bonds is 24. The van der Waals surface area contributed by atoms with Gasteiger partial charge in [-0.25, -0.2) is 0 Å². The molecule has 1 aromatic carbocycles.